The third-order valence-electron chi connectivity index (χ3n) is 2.55. The molecule has 112 valence electrons. The summed E-state index contributed by atoms with van der Waals surface area (Å²) in [5, 5.41) is 18.1. The maximum Gasteiger partial charge on any atom is 0.422 e. The van der Waals surface area contributed by atoms with Gasteiger partial charge in [-0.3, -0.25) is 5.10 Å². The van der Waals surface area contributed by atoms with Crippen LogP contribution in [0.4, 0.5) is 18.0 Å². The maximum absolute atomic E-state index is 12.7. The Morgan fingerprint density at radius 2 is 2.05 bits per heavy atom. The van der Waals surface area contributed by atoms with Gasteiger partial charge in [-0.05, 0) is 13.8 Å². The molecule has 0 fully saturated rings. The van der Waals surface area contributed by atoms with E-state index < -0.39 is 29.8 Å². The van der Waals surface area contributed by atoms with Crippen molar-refractivity contribution < 1.29 is 27.9 Å². The Morgan fingerprint density at radius 3 is 2.45 bits per heavy atom. The second-order valence-corrected chi connectivity index (χ2v) is 4.12. The van der Waals surface area contributed by atoms with Crippen LogP contribution in [0.3, 0.4) is 0 Å². The lowest BCUT2D eigenvalue weighted by molar-refractivity contribution is -0.203. The van der Waals surface area contributed by atoms with E-state index in [1.54, 1.807) is 0 Å². The van der Waals surface area contributed by atoms with E-state index in [1.807, 2.05) is 0 Å². The topological polar surface area (TPSA) is 120 Å². The molecule has 0 aliphatic heterocycles. The summed E-state index contributed by atoms with van der Waals surface area (Å²) in [7, 11) is 0. The van der Waals surface area contributed by atoms with Crippen LogP contribution in [0.25, 0.3) is 0 Å². The van der Waals surface area contributed by atoms with Gasteiger partial charge in [0, 0.05) is 0 Å². The van der Waals surface area contributed by atoms with Gasteiger partial charge >= 0.3 is 18.2 Å². The number of hydrogen-bond acceptors (Lipinski definition) is 4. The molecule has 20 heavy (non-hydrogen) atoms. The third-order valence-corrected chi connectivity index (χ3v) is 2.55. The molecule has 0 aromatic carbocycles. The average Bonchev–Trinajstić information content (AvgIpc) is 2.79. The predicted octanol–water partition coefficient (Wildman–Crippen LogP) is 0.570. The SMILES string of the molecule is CC(NC(=O)NC(C)(C(=O)O)C(F)(F)F)c1ncn[nH]1. The number of amides is 2. The number of carbonyl (C=O) groups excluding carboxylic acids is 1. The van der Waals surface area contributed by atoms with E-state index in [0.717, 1.165) is 6.33 Å². The molecule has 2 amide bonds. The van der Waals surface area contributed by atoms with E-state index in [0.29, 0.717) is 6.92 Å². The molecule has 4 N–H and O–H groups in total. The van der Waals surface area contributed by atoms with Crippen molar-refractivity contribution in [2.24, 2.45) is 0 Å². The molecule has 0 aliphatic rings. The summed E-state index contributed by atoms with van der Waals surface area (Å²) < 4.78 is 38.0. The van der Waals surface area contributed by atoms with Crippen LogP contribution in [-0.4, -0.2) is 44.0 Å². The fourth-order valence-electron chi connectivity index (χ4n) is 1.20. The molecule has 11 heteroatoms. The minimum Gasteiger partial charge on any atom is -0.479 e. The molecule has 1 rings (SSSR count). The van der Waals surface area contributed by atoms with Gasteiger partial charge in [-0.2, -0.15) is 18.3 Å². The molecule has 0 bridgehead atoms. The minimum atomic E-state index is -5.15. The van der Waals surface area contributed by atoms with Gasteiger partial charge in [0.15, 0.2) is 0 Å². The van der Waals surface area contributed by atoms with Gasteiger partial charge in [-0.25, -0.2) is 14.6 Å². The Morgan fingerprint density at radius 1 is 1.45 bits per heavy atom. The first-order valence-corrected chi connectivity index (χ1v) is 5.32. The van der Waals surface area contributed by atoms with Crippen LogP contribution in [0.15, 0.2) is 6.33 Å². The third kappa shape index (κ3) is 3.16. The highest BCUT2D eigenvalue weighted by Gasteiger charge is 2.58. The maximum atomic E-state index is 12.7. The Hall–Kier alpha value is -2.33. The predicted molar refractivity (Wildman–Crippen MR) is 58.6 cm³/mol. The number of halogens is 3. The molecule has 0 spiro atoms. The van der Waals surface area contributed by atoms with Crippen LogP contribution >= 0.6 is 0 Å². The number of aromatic amines is 1. The second kappa shape index (κ2) is 5.35. The van der Waals surface area contributed by atoms with Crippen molar-refractivity contribution >= 4 is 12.0 Å². The molecule has 1 aromatic heterocycles. The summed E-state index contributed by atoms with van der Waals surface area (Å²) >= 11 is 0. The van der Waals surface area contributed by atoms with Gasteiger partial charge in [0.2, 0.25) is 5.54 Å². The van der Waals surface area contributed by atoms with Crippen LogP contribution in [0.1, 0.15) is 25.7 Å². The summed E-state index contributed by atoms with van der Waals surface area (Å²) in [6.45, 7) is 1.79. The van der Waals surface area contributed by atoms with Crippen LogP contribution < -0.4 is 10.6 Å². The van der Waals surface area contributed by atoms with Crippen molar-refractivity contribution in [3.8, 4) is 0 Å². The number of aromatic nitrogens is 3. The summed E-state index contributed by atoms with van der Waals surface area (Å²) in [4.78, 5) is 25.9. The van der Waals surface area contributed by atoms with Gasteiger partial charge in [-0.15, -0.1) is 0 Å². The number of urea groups is 1. The summed E-state index contributed by atoms with van der Waals surface area (Å²) in [5.74, 6) is -2.00. The normalized spacial score (nSPS) is 16.1. The average molecular weight is 295 g/mol. The lowest BCUT2D eigenvalue weighted by Gasteiger charge is -2.29. The first-order chi connectivity index (χ1) is 9.08. The molecule has 8 nitrogen and oxygen atoms in total. The molecule has 1 aromatic rings. The van der Waals surface area contributed by atoms with E-state index in [2.05, 4.69) is 20.5 Å². The highest BCUT2D eigenvalue weighted by molar-refractivity contribution is 5.86. The smallest absolute Gasteiger partial charge is 0.422 e. The summed E-state index contributed by atoms with van der Waals surface area (Å²) in [6.07, 6.45) is -3.99. The largest absolute Gasteiger partial charge is 0.479 e. The van der Waals surface area contributed by atoms with Crippen LogP contribution in [0.5, 0.6) is 0 Å². The first-order valence-electron chi connectivity index (χ1n) is 5.32. The standard InChI is InChI=1S/C9H12F3N5O3/c1-4(5-13-3-14-17-5)15-7(20)16-8(2,6(18)19)9(10,11)12/h3-4H,1-2H3,(H,18,19)(H,13,14,17)(H2,15,16,20). The van der Waals surface area contributed by atoms with Gasteiger partial charge < -0.3 is 15.7 Å². The molecule has 2 unspecified atom stereocenters. The number of carboxylic acid groups (broad SMARTS) is 1. The Balaban J connectivity index is 2.76. The highest BCUT2D eigenvalue weighted by Crippen LogP contribution is 2.30. The van der Waals surface area contributed by atoms with Crippen LogP contribution in [-0.2, 0) is 4.79 Å². The molecule has 2 atom stereocenters. The monoisotopic (exact) mass is 295 g/mol. The zero-order chi connectivity index (χ0) is 15.6. The highest BCUT2D eigenvalue weighted by atomic mass is 19.4. The van der Waals surface area contributed by atoms with Gasteiger partial charge in [0.1, 0.15) is 12.2 Å². The van der Waals surface area contributed by atoms with Crippen molar-refractivity contribution in [3.63, 3.8) is 0 Å². The lowest BCUT2D eigenvalue weighted by atomic mass is 10.0. The molecule has 0 radical (unpaired) electrons. The zero-order valence-electron chi connectivity index (χ0n) is 10.4. The first kappa shape index (κ1) is 15.7. The Labute approximate surface area is 110 Å². The van der Waals surface area contributed by atoms with Crippen LogP contribution in [0, 0.1) is 0 Å². The quantitative estimate of drug-likeness (QED) is 0.647. The van der Waals surface area contributed by atoms with Crippen molar-refractivity contribution in [1.82, 2.24) is 25.8 Å². The number of carbonyl (C=O) groups is 2. The fourth-order valence-corrected chi connectivity index (χ4v) is 1.20. The Bertz CT molecular complexity index is 490. The van der Waals surface area contributed by atoms with Crippen molar-refractivity contribution in [3.05, 3.63) is 12.2 Å². The van der Waals surface area contributed by atoms with Gasteiger partial charge in [0.25, 0.3) is 0 Å². The van der Waals surface area contributed by atoms with Gasteiger partial charge in [0.05, 0.1) is 6.04 Å². The number of alkyl halides is 3. The van der Waals surface area contributed by atoms with Crippen LogP contribution in [0.2, 0.25) is 0 Å². The Kier molecular flexibility index (Phi) is 4.20. The number of carboxylic acids is 1. The molecule has 0 saturated heterocycles. The molecule has 1 heterocycles. The van der Waals surface area contributed by atoms with E-state index in [-0.39, 0.29) is 5.82 Å². The van der Waals surface area contributed by atoms with E-state index in [1.165, 1.54) is 12.2 Å². The van der Waals surface area contributed by atoms with Crippen molar-refractivity contribution in [2.45, 2.75) is 31.6 Å². The van der Waals surface area contributed by atoms with E-state index in [4.69, 9.17) is 5.11 Å². The number of aliphatic carboxylic acids is 1. The molecule has 0 saturated carbocycles. The fraction of sp³-hybridized carbons (Fsp3) is 0.556. The minimum absolute atomic E-state index is 0.212. The number of nitrogens with one attached hydrogen (secondary N) is 3. The van der Waals surface area contributed by atoms with Crippen molar-refractivity contribution in [1.29, 1.82) is 0 Å². The van der Waals surface area contributed by atoms with E-state index >= 15 is 0 Å². The summed E-state index contributed by atoms with van der Waals surface area (Å²) in [6, 6.07) is -2.07. The zero-order valence-corrected chi connectivity index (χ0v) is 10.4. The lowest BCUT2D eigenvalue weighted by Crippen LogP contribution is -2.63. The molecule has 0 aliphatic carbocycles. The number of hydrogen-bond donors (Lipinski definition) is 4. The molecular formula is C9H12F3N5O3. The summed E-state index contributed by atoms with van der Waals surface area (Å²) in [5.41, 5.74) is -3.39. The second-order valence-electron chi connectivity index (χ2n) is 4.12. The van der Waals surface area contributed by atoms with Crippen molar-refractivity contribution in [2.75, 3.05) is 0 Å². The van der Waals surface area contributed by atoms with E-state index in [9.17, 15) is 22.8 Å². The molecular weight excluding hydrogens is 283 g/mol. The number of H-pyrrole nitrogens is 1. The number of nitrogens with zero attached hydrogens (tertiary/aromatic N) is 2. The number of rotatable bonds is 4. The van der Waals surface area contributed by atoms with Gasteiger partial charge in [-0.1, -0.05) is 0 Å².